The minimum atomic E-state index is -0.376. The molecule has 1 aromatic carbocycles. The highest BCUT2D eigenvalue weighted by atomic mass is 79.9. The van der Waals surface area contributed by atoms with Gasteiger partial charge in [0.25, 0.3) is 0 Å². The smallest absolute Gasteiger partial charge is 0.316 e. The second-order valence-electron chi connectivity index (χ2n) is 3.93. The molecule has 0 spiro atoms. The fraction of sp³-hybridized carbons (Fsp3) is 0.417. The summed E-state index contributed by atoms with van der Waals surface area (Å²) < 4.78 is 7.10. The topological polar surface area (TPSA) is 26.3 Å². The van der Waals surface area contributed by atoms with Crippen molar-refractivity contribution in [1.29, 1.82) is 0 Å². The number of carbonyl (C=O) groups is 1. The zero-order valence-corrected chi connectivity index (χ0v) is 12.1. The average Bonchev–Trinajstić information content (AvgIpc) is 3.03. The number of ether oxygens (including phenoxy) is 1. The molecule has 1 aliphatic rings. The van der Waals surface area contributed by atoms with Crippen LogP contribution >= 0.6 is 31.9 Å². The summed E-state index contributed by atoms with van der Waals surface area (Å²) in [4.78, 5) is 11.9. The number of hydrogen-bond donors (Lipinski definition) is 0. The second kappa shape index (κ2) is 4.49. The van der Waals surface area contributed by atoms with Gasteiger partial charge in [-0.15, -0.1) is 0 Å². The van der Waals surface area contributed by atoms with Gasteiger partial charge in [-0.3, -0.25) is 4.79 Å². The van der Waals surface area contributed by atoms with Crippen LogP contribution in [0.4, 0.5) is 0 Å². The van der Waals surface area contributed by atoms with Crippen LogP contribution in [-0.4, -0.2) is 12.6 Å². The lowest BCUT2D eigenvalue weighted by Crippen LogP contribution is -2.23. The van der Waals surface area contributed by atoms with Crippen molar-refractivity contribution in [3.8, 4) is 0 Å². The van der Waals surface area contributed by atoms with Crippen molar-refractivity contribution in [1.82, 2.24) is 0 Å². The molecule has 1 saturated carbocycles. The van der Waals surface area contributed by atoms with Crippen LogP contribution in [-0.2, 0) is 14.9 Å². The molecule has 0 unspecified atom stereocenters. The fourth-order valence-electron chi connectivity index (χ4n) is 1.80. The van der Waals surface area contributed by atoms with E-state index in [1.165, 1.54) is 0 Å². The first-order valence-electron chi connectivity index (χ1n) is 5.23. The Morgan fingerprint density at radius 3 is 2.56 bits per heavy atom. The molecule has 0 amide bonds. The summed E-state index contributed by atoms with van der Waals surface area (Å²) in [5.74, 6) is -0.0933. The number of esters is 1. The minimum Gasteiger partial charge on any atom is -0.465 e. The van der Waals surface area contributed by atoms with E-state index in [1.807, 2.05) is 25.1 Å². The van der Waals surface area contributed by atoms with Gasteiger partial charge < -0.3 is 4.74 Å². The third kappa shape index (κ3) is 2.05. The molecular weight excluding hydrogens is 336 g/mol. The standard InChI is InChI=1S/C12H12Br2O2/c1-2-16-11(15)12(5-6-12)8-3-4-9(13)10(14)7-8/h3-4,7H,2,5-6H2,1H3. The molecule has 0 radical (unpaired) electrons. The van der Waals surface area contributed by atoms with Crippen LogP contribution in [0, 0.1) is 0 Å². The summed E-state index contributed by atoms with van der Waals surface area (Å²) in [7, 11) is 0. The maximum absolute atomic E-state index is 11.9. The highest BCUT2D eigenvalue weighted by Crippen LogP contribution is 2.50. The van der Waals surface area contributed by atoms with E-state index in [0.717, 1.165) is 27.4 Å². The normalized spacial score (nSPS) is 16.9. The highest BCUT2D eigenvalue weighted by Gasteiger charge is 2.52. The van der Waals surface area contributed by atoms with Gasteiger partial charge in [0.05, 0.1) is 12.0 Å². The Morgan fingerprint density at radius 1 is 1.38 bits per heavy atom. The molecule has 0 saturated heterocycles. The van der Waals surface area contributed by atoms with E-state index < -0.39 is 0 Å². The van der Waals surface area contributed by atoms with E-state index in [9.17, 15) is 4.79 Å². The molecule has 4 heteroatoms. The predicted molar refractivity (Wildman–Crippen MR) is 69.4 cm³/mol. The third-order valence-corrected chi connectivity index (χ3v) is 4.77. The van der Waals surface area contributed by atoms with Crippen molar-refractivity contribution in [2.75, 3.05) is 6.61 Å². The van der Waals surface area contributed by atoms with Gasteiger partial charge in [-0.1, -0.05) is 6.07 Å². The molecule has 2 nitrogen and oxygen atoms in total. The Bertz CT molecular complexity index is 425. The second-order valence-corrected chi connectivity index (χ2v) is 5.64. The zero-order valence-electron chi connectivity index (χ0n) is 8.93. The summed E-state index contributed by atoms with van der Waals surface area (Å²) in [6.45, 7) is 2.28. The molecule has 1 aliphatic carbocycles. The van der Waals surface area contributed by atoms with Gasteiger partial charge in [0.1, 0.15) is 0 Å². The van der Waals surface area contributed by atoms with Gasteiger partial charge in [0.15, 0.2) is 0 Å². The number of hydrogen-bond acceptors (Lipinski definition) is 2. The van der Waals surface area contributed by atoms with E-state index in [1.54, 1.807) is 0 Å². The Balaban J connectivity index is 2.30. The largest absolute Gasteiger partial charge is 0.465 e. The summed E-state index contributed by atoms with van der Waals surface area (Å²) in [6.07, 6.45) is 1.78. The average molecular weight is 348 g/mol. The molecule has 2 rings (SSSR count). The van der Waals surface area contributed by atoms with Gasteiger partial charge in [0.2, 0.25) is 0 Å². The molecule has 0 heterocycles. The van der Waals surface area contributed by atoms with E-state index in [2.05, 4.69) is 31.9 Å². The summed E-state index contributed by atoms with van der Waals surface area (Å²) in [5.41, 5.74) is 0.667. The molecule has 1 aromatic rings. The molecule has 0 aromatic heterocycles. The van der Waals surface area contributed by atoms with Gasteiger partial charge in [0, 0.05) is 8.95 Å². The summed E-state index contributed by atoms with van der Waals surface area (Å²) in [6, 6.07) is 5.94. The lowest BCUT2D eigenvalue weighted by Gasteiger charge is -2.14. The third-order valence-electron chi connectivity index (χ3n) is 2.89. The highest BCUT2D eigenvalue weighted by molar-refractivity contribution is 9.13. The molecule has 0 bridgehead atoms. The van der Waals surface area contributed by atoms with Crippen molar-refractivity contribution in [3.63, 3.8) is 0 Å². The monoisotopic (exact) mass is 346 g/mol. The molecule has 0 atom stereocenters. The Hall–Kier alpha value is -0.350. The van der Waals surface area contributed by atoms with Crippen LogP contribution in [0.1, 0.15) is 25.3 Å². The Morgan fingerprint density at radius 2 is 2.06 bits per heavy atom. The van der Waals surface area contributed by atoms with E-state index in [0.29, 0.717) is 6.61 Å². The van der Waals surface area contributed by atoms with Gasteiger partial charge >= 0.3 is 5.97 Å². The van der Waals surface area contributed by atoms with Crippen LogP contribution < -0.4 is 0 Å². The number of carbonyl (C=O) groups excluding carboxylic acids is 1. The number of halogens is 2. The fourth-order valence-corrected chi connectivity index (χ4v) is 2.42. The summed E-state index contributed by atoms with van der Waals surface area (Å²) in [5, 5.41) is 0. The van der Waals surface area contributed by atoms with Crippen LogP contribution in [0.5, 0.6) is 0 Å². The van der Waals surface area contributed by atoms with Crippen molar-refractivity contribution in [3.05, 3.63) is 32.7 Å². The quantitative estimate of drug-likeness (QED) is 0.777. The van der Waals surface area contributed by atoms with Crippen molar-refractivity contribution in [2.45, 2.75) is 25.2 Å². The van der Waals surface area contributed by atoms with Gasteiger partial charge in [-0.2, -0.15) is 0 Å². The molecule has 16 heavy (non-hydrogen) atoms. The SMILES string of the molecule is CCOC(=O)C1(c2ccc(Br)c(Br)c2)CC1. The van der Waals surface area contributed by atoms with E-state index >= 15 is 0 Å². The number of benzene rings is 1. The predicted octanol–water partition coefficient (Wildman–Crippen LogP) is 3.81. The Labute approximate surface area is 112 Å². The first-order chi connectivity index (χ1) is 7.60. The van der Waals surface area contributed by atoms with Crippen LogP contribution in [0.2, 0.25) is 0 Å². The van der Waals surface area contributed by atoms with Gasteiger partial charge in [-0.05, 0) is 69.3 Å². The van der Waals surface area contributed by atoms with Crippen LogP contribution in [0.15, 0.2) is 27.1 Å². The molecule has 1 fully saturated rings. The summed E-state index contributed by atoms with van der Waals surface area (Å²) >= 11 is 6.88. The zero-order chi connectivity index (χ0) is 11.8. The maximum atomic E-state index is 11.9. The lowest BCUT2D eigenvalue weighted by atomic mass is 9.96. The minimum absolute atomic E-state index is 0.0933. The first kappa shape index (κ1) is 12.1. The van der Waals surface area contributed by atoms with Crippen LogP contribution in [0.3, 0.4) is 0 Å². The van der Waals surface area contributed by atoms with Gasteiger partial charge in [-0.25, -0.2) is 0 Å². The van der Waals surface area contributed by atoms with Crippen molar-refractivity contribution < 1.29 is 9.53 Å². The van der Waals surface area contributed by atoms with Crippen molar-refractivity contribution in [2.24, 2.45) is 0 Å². The maximum Gasteiger partial charge on any atom is 0.316 e. The first-order valence-corrected chi connectivity index (χ1v) is 6.81. The van der Waals surface area contributed by atoms with E-state index in [-0.39, 0.29) is 11.4 Å². The van der Waals surface area contributed by atoms with Crippen molar-refractivity contribution >= 4 is 37.8 Å². The lowest BCUT2D eigenvalue weighted by molar-refractivity contribution is -0.146. The Kier molecular flexibility index (Phi) is 3.40. The van der Waals surface area contributed by atoms with Crippen LogP contribution in [0.25, 0.3) is 0 Å². The molecular formula is C12H12Br2O2. The van der Waals surface area contributed by atoms with E-state index in [4.69, 9.17) is 4.74 Å². The number of rotatable bonds is 3. The molecule has 86 valence electrons. The molecule has 0 aliphatic heterocycles. The molecule has 0 N–H and O–H groups in total.